The third kappa shape index (κ3) is 39.0. The maximum atomic E-state index is 6.58. The molecule has 0 amide bonds. The number of allylic oxidation sites excluding steroid dienone is 2. The first-order chi connectivity index (χ1) is 23.1. The van der Waals surface area contributed by atoms with E-state index in [1.165, 1.54) is 186 Å². The van der Waals surface area contributed by atoms with Crippen LogP contribution in [0.3, 0.4) is 0 Å². The van der Waals surface area contributed by atoms with Gasteiger partial charge in [0, 0.05) is 18.5 Å². The molecule has 0 spiro atoms. The van der Waals surface area contributed by atoms with Crippen molar-refractivity contribution in [2.75, 3.05) is 18.5 Å². The van der Waals surface area contributed by atoms with Gasteiger partial charge in [0.2, 0.25) is 0 Å². The molecule has 282 valence electrons. The van der Waals surface area contributed by atoms with E-state index in [1.807, 2.05) is 0 Å². The number of hydrogen-bond donors (Lipinski definition) is 0. The van der Waals surface area contributed by atoms with Crippen molar-refractivity contribution < 1.29 is 13.6 Å². The van der Waals surface area contributed by atoms with Crippen LogP contribution in [0.1, 0.15) is 219 Å². The summed E-state index contributed by atoms with van der Waals surface area (Å²) in [6.07, 6.45) is 47.4. The zero-order valence-corrected chi connectivity index (χ0v) is 35.2. The van der Waals surface area contributed by atoms with E-state index in [0.29, 0.717) is 0 Å². The Balaban J connectivity index is 4.12. The highest BCUT2D eigenvalue weighted by molar-refractivity contribution is 9.09. The summed E-state index contributed by atoms with van der Waals surface area (Å²) in [5.74, 6) is 0. The topological polar surface area (TPSA) is 27.7 Å². The summed E-state index contributed by atoms with van der Waals surface area (Å²) in [6.45, 7) is 10.6. The second kappa shape index (κ2) is 39.1. The minimum atomic E-state index is -2.19. The van der Waals surface area contributed by atoms with Gasteiger partial charge in [-0.15, -0.1) is 0 Å². The number of unbranched alkanes of at least 4 members (excludes halogenated alkanes) is 27. The van der Waals surface area contributed by atoms with E-state index in [9.17, 15) is 0 Å². The first-order valence-electron chi connectivity index (χ1n) is 21.2. The predicted octanol–water partition coefficient (Wildman–Crippen LogP) is 15.5. The van der Waals surface area contributed by atoms with Crippen LogP contribution in [0.4, 0.5) is 0 Å². The molecular formula is C42H85BrO3Si. The molecule has 0 heterocycles. The Hall–Kier alpha value is 0.317. The van der Waals surface area contributed by atoms with Crippen molar-refractivity contribution in [3.8, 4) is 0 Å². The Morgan fingerprint density at radius 1 is 0.468 bits per heavy atom. The van der Waals surface area contributed by atoms with Crippen LogP contribution in [-0.4, -0.2) is 33.4 Å². The zero-order valence-electron chi connectivity index (χ0n) is 32.6. The molecule has 0 aliphatic heterocycles. The van der Waals surface area contributed by atoms with Gasteiger partial charge >= 0.3 is 8.56 Å². The van der Waals surface area contributed by atoms with Crippen LogP contribution in [-0.2, 0) is 13.6 Å². The molecule has 0 saturated heterocycles. The maximum Gasteiger partial charge on any atom is 0.333 e. The summed E-state index contributed by atoms with van der Waals surface area (Å²) in [6, 6.07) is 0. The molecule has 0 saturated carbocycles. The quantitative estimate of drug-likeness (QED) is 0.0205. The van der Waals surface area contributed by atoms with Gasteiger partial charge in [-0.1, -0.05) is 190 Å². The third-order valence-electron chi connectivity index (χ3n) is 9.40. The number of halogens is 1. The van der Waals surface area contributed by atoms with Crippen LogP contribution in [0.2, 0.25) is 13.1 Å². The standard InChI is InChI=1S/C42H85BrO3Si/c1-5-7-9-11-13-15-17-19-21-22-24-26-28-30-34-38-42(46-47(3,4)45-41-37-33-31-35-39-43)44-40-36-32-29-27-25-23-20-18-16-14-12-10-8-6-2/h19,21,42H,5-18,20,22-41H2,1-4H3/b21-19-. The van der Waals surface area contributed by atoms with Crippen molar-refractivity contribution in [2.45, 2.75) is 239 Å². The van der Waals surface area contributed by atoms with E-state index in [-0.39, 0.29) is 6.29 Å². The first kappa shape index (κ1) is 47.3. The molecule has 1 atom stereocenters. The van der Waals surface area contributed by atoms with Gasteiger partial charge in [0.05, 0.1) is 0 Å². The summed E-state index contributed by atoms with van der Waals surface area (Å²) in [7, 11) is -2.19. The van der Waals surface area contributed by atoms with E-state index in [0.717, 1.165) is 37.8 Å². The lowest BCUT2D eigenvalue weighted by molar-refractivity contribution is -0.104. The molecule has 5 heteroatoms. The molecule has 0 aliphatic rings. The van der Waals surface area contributed by atoms with Gasteiger partial charge in [0.1, 0.15) is 6.29 Å². The smallest absolute Gasteiger partial charge is 0.333 e. The Bertz CT molecular complexity index is 615. The molecule has 0 radical (unpaired) electrons. The largest absolute Gasteiger partial charge is 0.394 e. The van der Waals surface area contributed by atoms with Gasteiger partial charge in [-0.25, -0.2) is 0 Å². The van der Waals surface area contributed by atoms with E-state index >= 15 is 0 Å². The highest BCUT2D eigenvalue weighted by Crippen LogP contribution is 2.19. The molecule has 1 unspecified atom stereocenters. The van der Waals surface area contributed by atoms with Gasteiger partial charge in [-0.05, 0) is 70.9 Å². The molecule has 47 heavy (non-hydrogen) atoms. The van der Waals surface area contributed by atoms with Gasteiger partial charge in [-0.2, -0.15) is 0 Å². The molecule has 0 fully saturated rings. The lowest BCUT2D eigenvalue weighted by atomic mass is 10.0. The van der Waals surface area contributed by atoms with Crippen molar-refractivity contribution in [1.82, 2.24) is 0 Å². The van der Waals surface area contributed by atoms with E-state index in [4.69, 9.17) is 13.6 Å². The molecule has 0 rings (SSSR count). The fourth-order valence-electron chi connectivity index (χ4n) is 6.29. The van der Waals surface area contributed by atoms with Crippen molar-refractivity contribution in [1.29, 1.82) is 0 Å². The lowest BCUT2D eigenvalue weighted by Gasteiger charge is -2.29. The summed E-state index contributed by atoms with van der Waals surface area (Å²) in [5.41, 5.74) is 0. The molecule has 0 aliphatic carbocycles. The van der Waals surface area contributed by atoms with Gasteiger partial charge in [0.25, 0.3) is 0 Å². The number of ether oxygens (including phenoxy) is 1. The fourth-order valence-corrected chi connectivity index (χ4v) is 8.21. The van der Waals surface area contributed by atoms with Crippen molar-refractivity contribution in [2.24, 2.45) is 0 Å². The molecule has 0 aromatic heterocycles. The van der Waals surface area contributed by atoms with Crippen molar-refractivity contribution in [3.63, 3.8) is 0 Å². The second-order valence-corrected chi connectivity index (χ2v) is 18.9. The van der Waals surface area contributed by atoms with Crippen LogP contribution in [0, 0.1) is 0 Å². The molecule has 3 nitrogen and oxygen atoms in total. The van der Waals surface area contributed by atoms with Crippen molar-refractivity contribution >= 4 is 24.5 Å². The SMILES string of the molecule is CCCCCCCC/C=C\CCCCCCCC(OCCCCCCCCCCCCCCCC)O[Si](C)(C)OCCCCCCBr. The molecular weight excluding hydrogens is 660 g/mol. The number of alkyl halides is 1. The van der Waals surface area contributed by atoms with Crippen molar-refractivity contribution in [3.05, 3.63) is 12.2 Å². The fraction of sp³-hybridized carbons (Fsp3) is 0.952. The third-order valence-corrected chi connectivity index (χ3v) is 11.7. The first-order valence-corrected chi connectivity index (χ1v) is 25.1. The van der Waals surface area contributed by atoms with Gasteiger partial charge < -0.3 is 13.6 Å². The van der Waals surface area contributed by atoms with E-state index in [2.05, 4.69) is 55.0 Å². The average molecular weight is 746 g/mol. The Labute approximate surface area is 306 Å². The van der Waals surface area contributed by atoms with Crippen LogP contribution < -0.4 is 0 Å². The van der Waals surface area contributed by atoms with Crippen LogP contribution >= 0.6 is 15.9 Å². The highest BCUT2D eigenvalue weighted by atomic mass is 79.9. The number of rotatable bonds is 40. The van der Waals surface area contributed by atoms with Crippen LogP contribution in [0.5, 0.6) is 0 Å². The Morgan fingerprint density at radius 3 is 1.32 bits per heavy atom. The van der Waals surface area contributed by atoms with Gasteiger partial charge in [-0.3, -0.25) is 0 Å². The zero-order chi connectivity index (χ0) is 34.4. The average Bonchev–Trinajstić information content (AvgIpc) is 3.06. The van der Waals surface area contributed by atoms with Crippen LogP contribution in [0.25, 0.3) is 0 Å². The predicted molar refractivity (Wildman–Crippen MR) is 216 cm³/mol. The minimum Gasteiger partial charge on any atom is -0.394 e. The van der Waals surface area contributed by atoms with E-state index in [1.54, 1.807) is 0 Å². The summed E-state index contributed by atoms with van der Waals surface area (Å²) in [4.78, 5) is 0. The maximum absolute atomic E-state index is 6.58. The lowest BCUT2D eigenvalue weighted by Crippen LogP contribution is -2.40. The van der Waals surface area contributed by atoms with E-state index < -0.39 is 8.56 Å². The highest BCUT2D eigenvalue weighted by Gasteiger charge is 2.29. The molecule has 0 aromatic rings. The van der Waals surface area contributed by atoms with Crippen LogP contribution in [0.15, 0.2) is 12.2 Å². The molecule has 0 N–H and O–H groups in total. The Kier molecular flexibility index (Phi) is 39.4. The second-order valence-electron chi connectivity index (χ2n) is 14.7. The minimum absolute atomic E-state index is 0.100. The monoisotopic (exact) mass is 745 g/mol. The normalized spacial score (nSPS) is 12.9. The summed E-state index contributed by atoms with van der Waals surface area (Å²) < 4.78 is 19.3. The molecule has 0 bridgehead atoms. The summed E-state index contributed by atoms with van der Waals surface area (Å²) >= 11 is 3.53. The molecule has 0 aromatic carbocycles. The Morgan fingerprint density at radius 2 is 0.851 bits per heavy atom. The van der Waals surface area contributed by atoms with Gasteiger partial charge in [0.15, 0.2) is 0 Å². The number of hydrogen-bond acceptors (Lipinski definition) is 3. The summed E-state index contributed by atoms with van der Waals surface area (Å²) in [5, 5.41) is 1.10.